The lowest BCUT2D eigenvalue weighted by atomic mass is 9.95. The Labute approximate surface area is 167 Å². The van der Waals surface area contributed by atoms with Gasteiger partial charge in [0.25, 0.3) is 0 Å². The lowest BCUT2D eigenvalue weighted by Gasteiger charge is -2.33. The smallest absolute Gasteiger partial charge is 0.227 e. The quantitative estimate of drug-likeness (QED) is 0.553. The van der Waals surface area contributed by atoms with Crippen LogP contribution in [-0.4, -0.2) is 29.0 Å². The average molecular weight is 388 g/mol. The summed E-state index contributed by atoms with van der Waals surface area (Å²) in [4.78, 5) is 23.9. The Balaban J connectivity index is 1.23. The number of fused-ring (bicyclic) bond motifs is 2. The zero-order valence-electron chi connectivity index (χ0n) is 15.3. The van der Waals surface area contributed by atoms with Crippen molar-refractivity contribution in [3.05, 3.63) is 60.2 Å². The summed E-state index contributed by atoms with van der Waals surface area (Å²) in [7, 11) is 0. The molecule has 2 aromatic heterocycles. The highest BCUT2D eigenvalue weighted by atomic mass is 32.1. The number of amides is 1. The molecular formula is C22H20N4OS. The number of carbonyl (C=O) groups excluding carboxylic acids is 1. The monoisotopic (exact) mass is 388 g/mol. The number of nitrogens with zero attached hydrogens (tertiary/aromatic N) is 3. The molecule has 6 heteroatoms. The van der Waals surface area contributed by atoms with Gasteiger partial charge in [-0.1, -0.05) is 18.2 Å². The number of para-hydroxylation sites is 1. The first-order valence-corrected chi connectivity index (χ1v) is 10.4. The molecule has 0 saturated carbocycles. The fraction of sp³-hybridized carbons (Fsp3) is 0.227. The standard InChI is InChI=1S/C22H20N4OS/c27-22(25-17-11-16-3-1-2-4-19(16)23-13-17)15-7-9-26(10-8-15)18-5-6-21-20(12-18)24-14-28-21/h1-6,11-15H,7-10H2,(H,25,27). The van der Waals surface area contributed by atoms with Gasteiger partial charge in [-0.05, 0) is 43.2 Å². The van der Waals surface area contributed by atoms with E-state index in [1.54, 1.807) is 17.5 Å². The zero-order valence-corrected chi connectivity index (χ0v) is 16.2. The maximum atomic E-state index is 12.7. The topological polar surface area (TPSA) is 58.1 Å². The van der Waals surface area contributed by atoms with Gasteiger partial charge in [-0.3, -0.25) is 9.78 Å². The van der Waals surface area contributed by atoms with E-state index in [-0.39, 0.29) is 11.8 Å². The van der Waals surface area contributed by atoms with Crippen molar-refractivity contribution in [2.75, 3.05) is 23.3 Å². The number of hydrogen-bond donors (Lipinski definition) is 1. The van der Waals surface area contributed by atoms with Crippen LogP contribution in [0.4, 0.5) is 11.4 Å². The number of anilines is 2. The van der Waals surface area contributed by atoms with Crippen LogP contribution in [-0.2, 0) is 4.79 Å². The molecule has 0 radical (unpaired) electrons. The molecule has 5 nitrogen and oxygen atoms in total. The molecule has 4 aromatic rings. The largest absolute Gasteiger partial charge is 0.371 e. The highest BCUT2D eigenvalue weighted by molar-refractivity contribution is 7.16. The summed E-state index contributed by atoms with van der Waals surface area (Å²) in [6.45, 7) is 1.76. The Kier molecular flexibility index (Phi) is 4.41. The molecule has 28 heavy (non-hydrogen) atoms. The predicted octanol–water partition coefficient (Wildman–Crippen LogP) is 4.70. The van der Waals surface area contributed by atoms with E-state index in [1.807, 2.05) is 35.8 Å². The number of piperidine rings is 1. The third kappa shape index (κ3) is 3.31. The van der Waals surface area contributed by atoms with Gasteiger partial charge in [-0.15, -0.1) is 11.3 Å². The van der Waals surface area contributed by atoms with E-state index in [1.165, 1.54) is 10.4 Å². The number of aromatic nitrogens is 2. The molecule has 1 N–H and O–H groups in total. The van der Waals surface area contributed by atoms with Crippen molar-refractivity contribution in [2.24, 2.45) is 5.92 Å². The van der Waals surface area contributed by atoms with Crippen LogP contribution >= 0.6 is 11.3 Å². The second-order valence-electron chi connectivity index (χ2n) is 7.17. The summed E-state index contributed by atoms with van der Waals surface area (Å²) < 4.78 is 1.21. The molecule has 140 valence electrons. The predicted molar refractivity (Wildman–Crippen MR) is 115 cm³/mol. The first-order chi connectivity index (χ1) is 13.8. The van der Waals surface area contributed by atoms with Gasteiger partial charge in [0.05, 0.1) is 33.1 Å². The third-order valence-electron chi connectivity index (χ3n) is 5.40. The molecule has 0 bridgehead atoms. The van der Waals surface area contributed by atoms with Crippen molar-refractivity contribution in [3.8, 4) is 0 Å². The van der Waals surface area contributed by atoms with E-state index in [0.717, 1.165) is 48.0 Å². The van der Waals surface area contributed by atoms with Crippen molar-refractivity contribution in [1.82, 2.24) is 9.97 Å². The Hall–Kier alpha value is -2.99. The van der Waals surface area contributed by atoms with E-state index < -0.39 is 0 Å². The molecule has 1 aliphatic heterocycles. The summed E-state index contributed by atoms with van der Waals surface area (Å²) in [5.74, 6) is 0.123. The maximum absolute atomic E-state index is 12.7. The molecule has 1 fully saturated rings. The van der Waals surface area contributed by atoms with Crippen LogP contribution < -0.4 is 10.2 Å². The molecule has 0 aliphatic carbocycles. The molecule has 0 atom stereocenters. The second-order valence-corrected chi connectivity index (χ2v) is 8.06. The number of nitrogens with one attached hydrogen (secondary N) is 1. The zero-order chi connectivity index (χ0) is 18.9. The van der Waals surface area contributed by atoms with Crippen molar-refractivity contribution >= 4 is 49.7 Å². The average Bonchev–Trinajstić information content (AvgIpc) is 3.21. The van der Waals surface area contributed by atoms with Crippen LogP contribution in [0.1, 0.15) is 12.8 Å². The number of thiazole rings is 1. The van der Waals surface area contributed by atoms with Gasteiger partial charge in [0, 0.05) is 30.1 Å². The van der Waals surface area contributed by atoms with Crippen molar-refractivity contribution in [1.29, 1.82) is 0 Å². The molecule has 0 unspecified atom stereocenters. The molecule has 1 amide bonds. The number of rotatable bonds is 3. The minimum atomic E-state index is 0.0331. The first kappa shape index (κ1) is 17.1. The molecular weight excluding hydrogens is 368 g/mol. The SMILES string of the molecule is O=C(Nc1cnc2ccccc2c1)C1CCN(c2ccc3scnc3c2)CC1. The van der Waals surface area contributed by atoms with Crippen LogP contribution in [0.5, 0.6) is 0 Å². The van der Waals surface area contributed by atoms with Crippen LogP contribution in [0.2, 0.25) is 0 Å². The van der Waals surface area contributed by atoms with Crippen molar-refractivity contribution in [2.45, 2.75) is 12.8 Å². The Morgan fingerprint density at radius 3 is 2.79 bits per heavy atom. The van der Waals surface area contributed by atoms with Gasteiger partial charge in [-0.2, -0.15) is 0 Å². The van der Waals surface area contributed by atoms with E-state index in [0.29, 0.717) is 0 Å². The number of benzene rings is 2. The van der Waals surface area contributed by atoms with E-state index >= 15 is 0 Å². The van der Waals surface area contributed by atoms with E-state index in [4.69, 9.17) is 0 Å². The third-order valence-corrected chi connectivity index (χ3v) is 6.21. The Morgan fingerprint density at radius 1 is 1.04 bits per heavy atom. The molecule has 1 aliphatic rings. The lowest BCUT2D eigenvalue weighted by Crippen LogP contribution is -2.38. The fourth-order valence-corrected chi connectivity index (χ4v) is 4.49. The lowest BCUT2D eigenvalue weighted by molar-refractivity contribution is -0.120. The van der Waals surface area contributed by atoms with Gasteiger partial charge in [0.2, 0.25) is 5.91 Å². The van der Waals surface area contributed by atoms with Crippen molar-refractivity contribution < 1.29 is 4.79 Å². The first-order valence-electron chi connectivity index (χ1n) is 9.50. The van der Waals surface area contributed by atoms with Gasteiger partial charge in [0.15, 0.2) is 0 Å². The maximum Gasteiger partial charge on any atom is 0.227 e. The molecule has 0 spiro atoms. The highest BCUT2D eigenvalue weighted by Gasteiger charge is 2.25. The highest BCUT2D eigenvalue weighted by Crippen LogP contribution is 2.28. The molecule has 1 saturated heterocycles. The van der Waals surface area contributed by atoms with Crippen LogP contribution in [0.15, 0.2) is 60.2 Å². The molecule has 2 aromatic carbocycles. The minimum absolute atomic E-state index is 0.0331. The summed E-state index contributed by atoms with van der Waals surface area (Å²) >= 11 is 1.66. The van der Waals surface area contributed by atoms with Crippen LogP contribution in [0, 0.1) is 5.92 Å². The summed E-state index contributed by atoms with van der Waals surface area (Å²) in [6.07, 6.45) is 3.43. The summed E-state index contributed by atoms with van der Waals surface area (Å²) in [5, 5.41) is 4.09. The summed E-state index contributed by atoms with van der Waals surface area (Å²) in [5.41, 5.74) is 5.82. The van der Waals surface area contributed by atoms with Gasteiger partial charge >= 0.3 is 0 Å². The molecule has 5 rings (SSSR count). The minimum Gasteiger partial charge on any atom is -0.371 e. The van der Waals surface area contributed by atoms with Gasteiger partial charge in [-0.25, -0.2) is 4.98 Å². The van der Waals surface area contributed by atoms with Gasteiger partial charge < -0.3 is 10.2 Å². The number of carbonyl (C=O) groups is 1. The Bertz CT molecular complexity index is 1150. The number of hydrogen-bond acceptors (Lipinski definition) is 5. The molecule has 3 heterocycles. The Morgan fingerprint density at radius 2 is 1.89 bits per heavy atom. The van der Waals surface area contributed by atoms with E-state index in [9.17, 15) is 4.79 Å². The van der Waals surface area contributed by atoms with Crippen LogP contribution in [0.3, 0.4) is 0 Å². The number of pyridine rings is 1. The normalized spacial score (nSPS) is 15.2. The second kappa shape index (κ2) is 7.20. The van der Waals surface area contributed by atoms with Gasteiger partial charge in [0.1, 0.15) is 0 Å². The van der Waals surface area contributed by atoms with E-state index in [2.05, 4.69) is 38.4 Å². The summed E-state index contributed by atoms with van der Waals surface area (Å²) in [6, 6.07) is 16.3. The fourth-order valence-electron chi connectivity index (χ4n) is 3.83. The van der Waals surface area contributed by atoms with Crippen molar-refractivity contribution in [3.63, 3.8) is 0 Å². The van der Waals surface area contributed by atoms with Crippen LogP contribution in [0.25, 0.3) is 21.1 Å².